The van der Waals surface area contributed by atoms with Gasteiger partial charge >= 0.3 is 5.63 Å². The fourth-order valence-electron chi connectivity index (χ4n) is 2.38. The molecule has 5 nitrogen and oxygen atoms in total. The van der Waals surface area contributed by atoms with Crippen LogP contribution >= 0.6 is 0 Å². The Labute approximate surface area is 120 Å². The first-order valence-corrected chi connectivity index (χ1v) is 6.44. The molecule has 5 heteroatoms. The lowest BCUT2D eigenvalue weighted by atomic mass is 10.0. The summed E-state index contributed by atoms with van der Waals surface area (Å²) < 4.78 is 21.7. The predicted molar refractivity (Wildman–Crippen MR) is 78.7 cm³/mol. The topological polar surface area (TPSA) is 61.8 Å². The van der Waals surface area contributed by atoms with Crippen LogP contribution in [0.1, 0.15) is 5.56 Å². The molecule has 0 aliphatic heterocycles. The van der Waals surface area contributed by atoms with Crippen molar-refractivity contribution in [2.24, 2.45) is 0 Å². The third kappa shape index (κ3) is 2.21. The minimum absolute atomic E-state index is 0.357. The SMILES string of the molecule is C=CCOCc1c2ccoc2c(OC)c2oc(=O)ccc12. The third-order valence-corrected chi connectivity index (χ3v) is 3.25. The van der Waals surface area contributed by atoms with E-state index in [4.69, 9.17) is 18.3 Å². The fraction of sp³-hybridized carbons (Fsp3) is 0.188. The van der Waals surface area contributed by atoms with Gasteiger partial charge in [-0.3, -0.25) is 0 Å². The number of hydrogen-bond acceptors (Lipinski definition) is 5. The van der Waals surface area contributed by atoms with E-state index in [1.165, 1.54) is 13.2 Å². The second-order valence-electron chi connectivity index (χ2n) is 4.48. The first kappa shape index (κ1) is 13.5. The van der Waals surface area contributed by atoms with Crippen LogP contribution in [0.25, 0.3) is 21.9 Å². The van der Waals surface area contributed by atoms with Crippen LogP contribution in [-0.4, -0.2) is 13.7 Å². The highest BCUT2D eigenvalue weighted by Crippen LogP contribution is 2.38. The summed E-state index contributed by atoms with van der Waals surface area (Å²) in [6, 6.07) is 4.93. The first-order valence-electron chi connectivity index (χ1n) is 6.44. The molecule has 0 fully saturated rings. The Morgan fingerprint density at radius 1 is 1.24 bits per heavy atom. The molecule has 108 valence electrons. The number of ether oxygens (including phenoxy) is 2. The van der Waals surface area contributed by atoms with Crippen molar-refractivity contribution in [3.05, 3.63) is 53.1 Å². The number of methoxy groups -OCH3 is 1. The van der Waals surface area contributed by atoms with Crippen molar-refractivity contribution in [2.45, 2.75) is 6.61 Å². The number of benzene rings is 1. The zero-order valence-corrected chi connectivity index (χ0v) is 11.5. The van der Waals surface area contributed by atoms with Gasteiger partial charge in [-0.1, -0.05) is 6.08 Å². The molecule has 0 amide bonds. The molecule has 0 atom stereocenters. The van der Waals surface area contributed by atoms with Gasteiger partial charge in [-0.2, -0.15) is 0 Å². The summed E-state index contributed by atoms with van der Waals surface area (Å²) in [7, 11) is 1.51. The molecule has 1 aromatic carbocycles. The van der Waals surface area contributed by atoms with Crippen LogP contribution in [0.3, 0.4) is 0 Å². The quantitative estimate of drug-likeness (QED) is 0.409. The van der Waals surface area contributed by atoms with Crippen LogP contribution in [0.15, 0.2) is 50.7 Å². The molecule has 0 unspecified atom stereocenters. The van der Waals surface area contributed by atoms with E-state index in [2.05, 4.69) is 6.58 Å². The highest BCUT2D eigenvalue weighted by Gasteiger charge is 2.19. The van der Waals surface area contributed by atoms with E-state index in [-0.39, 0.29) is 0 Å². The minimum Gasteiger partial charge on any atom is -0.490 e. The van der Waals surface area contributed by atoms with E-state index in [9.17, 15) is 4.79 Å². The van der Waals surface area contributed by atoms with Gasteiger partial charge in [-0.25, -0.2) is 4.79 Å². The Balaban J connectivity index is 2.33. The number of fused-ring (bicyclic) bond motifs is 2. The fourth-order valence-corrected chi connectivity index (χ4v) is 2.38. The van der Waals surface area contributed by atoms with Gasteiger partial charge in [0, 0.05) is 22.4 Å². The van der Waals surface area contributed by atoms with E-state index in [1.807, 2.05) is 6.07 Å². The van der Waals surface area contributed by atoms with Gasteiger partial charge in [0.2, 0.25) is 5.75 Å². The van der Waals surface area contributed by atoms with Crippen LogP contribution in [0.5, 0.6) is 5.75 Å². The summed E-state index contributed by atoms with van der Waals surface area (Å²) in [4.78, 5) is 11.5. The van der Waals surface area contributed by atoms with E-state index in [0.717, 1.165) is 16.3 Å². The maximum absolute atomic E-state index is 11.5. The van der Waals surface area contributed by atoms with Crippen LogP contribution < -0.4 is 10.4 Å². The number of furan rings is 1. The van der Waals surface area contributed by atoms with Crippen LogP contribution in [0.4, 0.5) is 0 Å². The summed E-state index contributed by atoms with van der Waals surface area (Å²) >= 11 is 0. The lowest BCUT2D eigenvalue weighted by Gasteiger charge is -2.11. The lowest BCUT2D eigenvalue weighted by Crippen LogP contribution is -2.01. The van der Waals surface area contributed by atoms with Gasteiger partial charge in [0.05, 0.1) is 26.6 Å². The Morgan fingerprint density at radius 2 is 2.05 bits per heavy atom. The van der Waals surface area contributed by atoms with Crippen molar-refractivity contribution < 1.29 is 18.3 Å². The van der Waals surface area contributed by atoms with Crippen LogP contribution in [-0.2, 0) is 11.3 Å². The smallest absolute Gasteiger partial charge is 0.336 e. The van der Waals surface area contributed by atoms with Crippen molar-refractivity contribution in [3.63, 3.8) is 0 Å². The Morgan fingerprint density at radius 3 is 2.81 bits per heavy atom. The predicted octanol–water partition coefficient (Wildman–Crippen LogP) is 3.25. The largest absolute Gasteiger partial charge is 0.490 e. The first-order chi connectivity index (χ1) is 10.3. The monoisotopic (exact) mass is 286 g/mol. The maximum atomic E-state index is 11.5. The molecule has 0 bridgehead atoms. The number of rotatable bonds is 5. The molecule has 0 aliphatic carbocycles. The third-order valence-electron chi connectivity index (χ3n) is 3.25. The molecule has 0 radical (unpaired) electrons. The van der Waals surface area contributed by atoms with Crippen LogP contribution in [0, 0.1) is 0 Å². The number of hydrogen-bond donors (Lipinski definition) is 0. The normalized spacial score (nSPS) is 11.1. The maximum Gasteiger partial charge on any atom is 0.336 e. The molecule has 0 spiro atoms. The zero-order chi connectivity index (χ0) is 14.8. The second-order valence-corrected chi connectivity index (χ2v) is 4.48. The molecule has 0 aliphatic rings. The summed E-state index contributed by atoms with van der Waals surface area (Å²) in [5.41, 5.74) is 1.35. The van der Waals surface area contributed by atoms with Crippen molar-refractivity contribution in [2.75, 3.05) is 13.7 Å². The van der Waals surface area contributed by atoms with Crippen LogP contribution in [0.2, 0.25) is 0 Å². The highest BCUT2D eigenvalue weighted by atomic mass is 16.5. The molecule has 2 heterocycles. The van der Waals surface area contributed by atoms with Crippen molar-refractivity contribution in [3.8, 4) is 5.75 Å². The van der Waals surface area contributed by atoms with E-state index < -0.39 is 5.63 Å². The Bertz CT molecular complexity index is 856. The van der Waals surface area contributed by atoms with Crippen molar-refractivity contribution in [1.82, 2.24) is 0 Å². The van der Waals surface area contributed by atoms with E-state index in [1.54, 1.807) is 18.4 Å². The lowest BCUT2D eigenvalue weighted by molar-refractivity contribution is 0.150. The molecule has 0 saturated carbocycles. The second kappa shape index (κ2) is 5.46. The van der Waals surface area contributed by atoms with E-state index in [0.29, 0.717) is 30.1 Å². The van der Waals surface area contributed by atoms with Gasteiger partial charge < -0.3 is 18.3 Å². The summed E-state index contributed by atoms with van der Waals surface area (Å²) in [6.07, 6.45) is 3.25. The van der Waals surface area contributed by atoms with Crippen molar-refractivity contribution >= 4 is 21.9 Å². The Hall–Kier alpha value is -2.53. The van der Waals surface area contributed by atoms with Gasteiger partial charge in [0.1, 0.15) is 0 Å². The van der Waals surface area contributed by atoms with Gasteiger partial charge in [-0.15, -0.1) is 6.58 Å². The molecular weight excluding hydrogens is 272 g/mol. The molecule has 3 rings (SSSR count). The molecule has 0 saturated heterocycles. The molecule has 0 N–H and O–H groups in total. The van der Waals surface area contributed by atoms with Gasteiger partial charge in [0.25, 0.3) is 0 Å². The van der Waals surface area contributed by atoms with E-state index >= 15 is 0 Å². The molecule has 21 heavy (non-hydrogen) atoms. The summed E-state index contributed by atoms with van der Waals surface area (Å²) in [6.45, 7) is 4.41. The molecule has 2 aromatic heterocycles. The van der Waals surface area contributed by atoms with Crippen molar-refractivity contribution in [1.29, 1.82) is 0 Å². The summed E-state index contributed by atoms with van der Waals surface area (Å²) in [5.74, 6) is 0.412. The minimum atomic E-state index is -0.440. The zero-order valence-electron chi connectivity index (χ0n) is 11.5. The average Bonchev–Trinajstić information content (AvgIpc) is 2.95. The molecular formula is C16H14O5. The van der Waals surface area contributed by atoms with Gasteiger partial charge in [-0.05, 0) is 12.1 Å². The standard InChI is InChI=1S/C16H14O5/c1-3-7-19-9-12-10-4-5-13(17)21-15(10)16(18-2)14-11(12)6-8-20-14/h3-6,8H,1,7,9H2,2H3. The molecule has 3 aromatic rings. The van der Waals surface area contributed by atoms with Gasteiger partial charge in [0.15, 0.2) is 11.2 Å². The highest BCUT2D eigenvalue weighted by molar-refractivity contribution is 6.03. The average molecular weight is 286 g/mol. The Kier molecular flexibility index (Phi) is 3.50. The summed E-state index contributed by atoms with van der Waals surface area (Å²) in [5, 5.41) is 1.64.